The van der Waals surface area contributed by atoms with Gasteiger partial charge in [0.05, 0.1) is 17.4 Å². The number of rotatable bonds is 2. The van der Waals surface area contributed by atoms with E-state index in [4.69, 9.17) is 0 Å². The number of piperazine rings is 1. The summed E-state index contributed by atoms with van der Waals surface area (Å²) in [5.41, 5.74) is 1.07. The molecule has 0 aromatic carbocycles. The van der Waals surface area contributed by atoms with E-state index in [1.165, 1.54) is 4.40 Å². The average Bonchev–Trinajstić information content (AvgIpc) is 3.17. The summed E-state index contributed by atoms with van der Waals surface area (Å²) in [6.45, 7) is 4.79. The zero-order valence-corrected chi connectivity index (χ0v) is 16.1. The van der Waals surface area contributed by atoms with Gasteiger partial charge in [0.2, 0.25) is 0 Å². The van der Waals surface area contributed by atoms with Crippen molar-refractivity contribution in [1.29, 1.82) is 0 Å². The van der Waals surface area contributed by atoms with Gasteiger partial charge in [-0.05, 0) is 25.1 Å². The largest absolute Gasteiger partial charge is 0.434 e. The molecule has 1 aliphatic rings. The molecule has 30 heavy (non-hydrogen) atoms. The molecule has 0 radical (unpaired) electrons. The van der Waals surface area contributed by atoms with E-state index in [0.717, 1.165) is 54.8 Å². The van der Waals surface area contributed by atoms with Crippen LogP contribution in [0.25, 0.3) is 16.6 Å². The first-order valence-electron chi connectivity index (χ1n) is 9.53. The maximum Gasteiger partial charge on any atom is 0.434 e. The lowest BCUT2D eigenvalue weighted by Gasteiger charge is -2.37. The van der Waals surface area contributed by atoms with Gasteiger partial charge in [0, 0.05) is 50.2 Å². The van der Waals surface area contributed by atoms with Gasteiger partial charge in [-0.3, -0.25) is 4.98 Å². The third kappa shape index (κ3) is 3.27. The molecule has 0 unspecified atom stereocenters. The van der Waals surface area contributed by atoms with Gasteiger partial charge >= 0.3 is 6.18 Å². The molecule has 0 amide bonds. The molecule has 0 aliphatic carbocycles. The van der Waals surface area contributed by atoms with Crippen LogP contribution in [0, 0.1) is 6.92 Å². The van der Waals surface area contributed by atoms with E-state index >= 15 is 0 Å². The molecule has 10 heteroatoms. The van der Waals surface area contributed by atoms with Gasteiger partial charge in [0.1, 0.15) is 17.3 Å². The van der Waals surface area contributed by atoms with Crippen molar-refractivity contribution in [2.24, 2.45) is 0 Å². The Morgan fingerprint density at radius 2 is 1.67 bits per heavy atom. The van der Waals surface area contributed by atoms with E-state index in [2.05, 4.69) is 29.7 Å². The van der Waals surface area contributed by atoms with Gasteiger partial charge in [0.25, 0.3) is 0 Å². The number of anilines is 2. The predicted octanol–water partition coefficient (Wildman–Crippen LogP) is 3.33. The van der Waals surface area contributed by atoms with Crippen LogP contribution in [0.1, 0.15) is 11.5 Å². The number of pyridine rings is 2. The first kappa shape index (κ1) is 18.6. The summed E-state index contributed by atoms with van der Waals surface area (Å²) < 4.78 is 40.2. The van der Waals surface area contributed by atoms with Crippen molar-refractivity contribution in [2.45, 2.75) is 13.1 Å². The third-order valence-corrected chi connectivity index (χ3v) is 5.26. The smallest absolute Gasteiger partial charge is 0.367 e. The minimum atomic E-state index is -4.45. The van der Waals surface area contributed by atoms with Crippen molar-refractivity contribution in [3.8, 4) is 0 Å². The van der Waals surface area contributed by atoms with Crippen LogP contribution in [0.5, 0.6) is 0 Å². The molecule has 0 saturated carbocycles. The molecule has 4 aromatic heterocycles. The van der Waals surface area contributed by atoms with E-state index in [0.29, 0.717) is 5.82 Å². The van der Waals surface area contributed by atoms with Crippen LogP contribution in [-0.4, -0.2) is 50.5 Å². The van der Waals surface area contributed by atoms with Crippen molar-refractivity contribution in [3.63, 3.8) is 0 Å². The lowest BCUT2D eigenvalue weighted by molar-refractivity contribution is -0.140. The van der Waals surface area contributed by atoms with E-state index in [9.17, 15) is 13.2 Å². The second kappa shape index (κ2) is 6.82. The van der Waals surface area contributed by atoms with Gasteiger partial charge in [-0.1, -0.05) is 0 Å². The molecule has 7 nitrogen and oxygen atoms in total. The van der Waals surface area contributed by atoms with E-state index < -0.39 is 11.9 Å². The zero-order valence-electron chi connectivity index (χ0n) is 16.1. The van der Waals surface area contributed by atoms with Crippen LogP contribution in [0.15, 0.2) is 43.0 Å². The average molecular weight is 413 g/mol. The fourth-order valence-corrected chi connectivity index (χ4v) is 3.80. The Morgan fingerprint density at radius 3 is 2.43 bits per heavy atom. The maximum atomic E-state index is 12.9. The fourth-order valence-electron chi connectivity index (χ4n) is 3.80. The summed E-state index contributed by atoms with van der Waals surface area (Å²) >= 11 is 0. The maximum absolute atomic E-state index is 12.9. The summed E-state index contributed by atoms with van der Waals surface area (Å²) in [5.74, 6) is 1.58. The second-order valence-corrected chi connectivity index (χ2v) is 7.24. The number of halogens is 3. The first-order chi connectivity index (χ1) is 14.4. The highest BCUT2D eigenvalue weighted by molar-refractivity contribution is 5.89. The van der Waals surface area contributed by atoms with Crippen LogP contribution in [0.3, 0.4) is 0 Å². The molecule has 4 aromatic rings. The van der Waals surface area contributed by atoms with Crippen LogP contribution in [0.2, 0.25) is 0 Å². The lowest BCUT2D eigenvalue weighted by Crippen LogP contribution is -2.47. The van der Waals surface area contributed by atoms with Crippen LogP contribution < -0.4 is 9.80 Å². The number of alkyl halides is 3. The van der Waals surface area contributed by atoms with Crippen LogP contribution in [-0.2, 0) is 6.18 Å². The number of aromatic nitrogens is 5. The number of fused-ring (bicyclic) bond motifs is 2. The molecule has 0 N–H and O–H groups in total. The highest BCUT2D eigenvalue weighted by Crippen LogP contribution is 2.30. The molecular formula is C20H18F3N7. The van der Waals surface area contributed by atoms with Gasteiger partial charge in [0.15, 0.2) is 5.69 Å². The summed E-state index contributed by atoms with van der Waals surface area (Å²) in [5, 5.41) is 0.962. The summed E-state index contributed by atoms with van der Waals surface area (Å²) in [4.78, 5) is 21.2. The summed E-state index contributed by atoms with van der Waals surface area (Å²) in [6, 6.07) is 5.35. The standard InChI is InChI=1S/C20H18F3N7/c1-13-25-16-10-24-5-4-15(16)19(26-13)29-8-6-28(7-9-29)14-2-3-18-27-17(20(21,22)23)12-30(18)11-14/h2-5,10-12H,6-9H2,1H3. The van der Waals surface area contributed by atoms with Gasteiger partial charge in [-0.2, -0.15) is 13.2 Å². The Kier molecular flexibility index (Phi) is 4.23. The van der Waals surface area contributed by atoms with Gasteiger partial charge in [-0.15, -0.1) is 0 Å². The van der Waals surface area contributed by atoms with E-state index in [1.54, 1.807) is 24.7 Å². The number of aryl methyl sites for hydroxylation is 1. The van der Waals surface area contributed by atoms with Gasteiger partial charge in [-0.25, -0.2) is 15.0 Å². The van der Waals surface area contributed by atoms with Crippen LogP contribution >= 0.6 is 0 Å². The molecular weight excluding hydrogens is 395 g/mol. The van der Waals surface area contributed by atoms with E-state index in [1.807, 2.05) is 19.1 Å². The number of hydrogen-bond acceptors (Lipinski definition) is 6. The Labute approximate surface area is 169 Å². The number of imidazole rings is 1. The quantitative estimate of drug-likeness (QED) is 0.502. The lowest BCUT2D eigenvalue weighted by atomic mass is 10.2. The number of hydrogen-bond donors (Lipinski definition) is 0. The van der Waals surface area contributed by atoms with Crippen molar-refractivity contribution in [3.05, 3.63) is 54.5 Å². The van der Waals surface area contributed by atoms with Gasteiger partial charge < -0.3 is 14.2 Å². The summed E-state index contributed by atoms with van der Waals surface area (Å²) in [6.07, 6.45) is 1.74. The molecule has 0 atom stereocenters. The van der Waals surface area contributed by atoms with Crippen molar-refractivity contribution in [1.82, 2.24) is 24.3 Å². The normalized spacial score (nSPS) is 15.3. The molecule has 5 rings (SSSR count). The monoisotopic (exact) mass is 413 g/mol. The highest BCUT2D eigenvalue weighted by Gasteiger charge is 2.34. The molecule has 1 saturated heterocycles. The minimum absolute atomic E-state index is 0.279. The Bertz CT molecular complexity index is 1230. The van der Waals surface area contributed by atoms with Crippen molar-refractivity contribution >= 4 is 28.1 Å². The Hall–Kier alpha value is -3.43. The highest BCUT2D eigenvalue weighted by atomic mass is 19.4. The molecule has 0 bridgehead atoms. The minimum Gasteiger partial charge on any atom is -0.367 e. The zero-order chi connectivity index (χ0) is 20.9. The fraction of sp³-hybridized carbons (Fsp3) is 0.300. The number of nitrogens with zero attached hydrogens (tertiary/aromatic N) is 7. The molecule has 0 spiro atoms. The molecule has 1 aliphatic heterocycles. The predicted molar refractivity (Wildman–Crippen MR) is 107 cm³/mol. The van der Waals surface area contributed by atoms with Crippen molar-refractivity contribution < 1.29 is 13.2 Å². The molecule has 154 valence electrons. The Balaban J connectivity index is 1.37. The Morgan fingerprint density at radius 1 is 0.900 bits per heavy atom. The first-order valence-corrected chi connectivity index (χ1v) is 9.53. The van der Waals surface area contributed by atoms with Crippen LogP contribution in [0.4, 0.5) is 24.7 Å². The van der Waals surface area contributed by atoms with Crippen molar-refractivity contribution in [2.75, 3.05) is 36.0 Å². The topological polar surface area (TPSA) is 62.5 Å². The molecule has 5 heterocycles. The third-order valence-electron chi connectivity index (χ3n) is 5.26. The SMILES string of the molecule is Cc1nc(N2CCN(c3ccc4nc(C(F)(F)F)cn4c3)CC2)c2ccncc2n1. The summed E-state index contributed by atoms with van der Waals surface area (Å²) in [7, 11) is 0. The molecule has 1 fully saturated rings. The van der Waals surface area contributed by atoms with E-state index in [-0.39, 0.29) is 5.65 Å². The second-order valence-electron chi connectivity index (χ2n) is 7.24.